The normalized spacial score (nSPS) is 26.2. The van der Waals surface area contributed by atoms with E-state index >= 15 is 0 Å². The van der Waals surface area contributed by atoms with Crippen molar-refractivity contribution in [2.45, 2.75) is 32.7 Å². The number of fused-ring (bicyclic) bond motifs is 1. The van der Waals surface area contributed by atoms with E-state index in [0.29, 0.717) is 17.4 Å². The maximum absolute atomic E-state index is 13.7. The second-order valence-electron chi connectivity index (χ2n) is 9.61. The zero-order valence-electron chi connectivity index (χ0n) is 18.2. The van der Waals surface area contributed by atoms with Crippen LogP contribution in [0.4, 0.5) is 0 Å². The molecular weight excluding hydrogens is 374 g/mol. The molecule has 1 amide bonds. The summed E-state index contributed by atoms with van der Waals surface area (Å²) in [4.78, 5) is 31.3. The van der Waals surface area contributed by atoms with Gasteiger partial charge in [-0.05, 0) is 55.7 Å². The van der Waals surface area contributed by atoms with Crippen LogP contribution in [0.5, 0.6) is 0 Å². The number of hydrogen-bond donors (Lipinski definition) is 0. The molecule has 158 valence electrons. The van der Waals surface area contributed by atoms with E-state index in [-0.39, 0.29) is 17.5 Å². The molecule has 5 heteroatoms. The number of likely N-dealkylation sites (tertiary alicyclic amines) is 2. The number of amides is 1. The van der Waals surface area contributed by atoms with Crippen molar-refractivity contribution in [1.82, 2.24) is 14.4 Å². The Morgan fingerprint density at radius 2 is 1.80 bits per heavy atom. The molecule has 0 unspecified atom stereocenters. The van der Waals surface area contributed by atoms with Gasteiger partial charge in [0.15, 0.2) is 0 Å². The summed E-state index contributed by atoms with van der Waals surface area (Å²) in [5, 5.41) is 0. The fourth-order valence-corrected chi connectivity index (χ4v) is 5.62. The Bertz CT molecular complexity index is 1020. The van der Waals surface area contributed by atoms with Gasteiger partial charge in [0.2, 0.25) is 0 Å². The second-order valence-corrected chi connectivity index (χ2v) is 9.61. The van der Waals surface area contributed by atoms with Crippen LogP contribution in [0.3, 0.4) is 0 Å². The smallest absolute Gasteiger partial charge is 0.263 e. The van der Waals surface area contributed by atoms with Crippen LogP contribution in [-0.4, -0.2) is 46.5 Å². The molecule has 1 aliphatic carbocycles. The fourth-order valence-electron chi connectivity index (χ4n) is 5.62. The third-order valence-electron chi connectivity index (χ3n) is 7.44. The van der Waals surface area contributed by atoms with Gasteiger partial charge in [-0.1, -0.05) is 30.3 Å². The summed E-state index contributed by atoms with van der Waals surface area (Å²) in [6.45, 7) is 7.85. The molecule has 1 aromatic heterocycles. The van der Waals surface area contributed by atoms with E-state index in [1.807, 2.05) is 30.9 Å². The number of rotatable bonds is 4. The van der Waals surface area contributed by atoms with Crippen molar-refractivity contribution in [3.8, 4) is 0 Å². The van der Waals surface area contributed by atoms with E-state index in [1.54, 1.807) is 11.6 Å². The number of carbonyl (C=O) groups excluding carboxylic acids is 1. The number of hydrogen-bond acceptors (Lipinski definition) is 3. The molecule has 30 heavy (non-hydrogen) atoms. The molecule has 3 heterocycles. The lowest BCUT2D eigenvalue weighted by Gasteiger charge is -2.30. The van der Waals surface area contributed by atoms with Crippen LogP contribution in [0.2, 0.25) is 0 Å². The van der Waals surface area contributed by atoms with E-state index in [1.165, 1.54) is 24.9 Å². The molecule has 2 aliphatic heterocycles. The number of carbonyl (C=O) groups is 1. The van der Waals surface area contributed by atoms with E-state index in [0.717, 1.165) is 36.8 Å². The standard InChI is InChI=1S/C25H31N3O2/c1-16-11-17(2)26(3)24(29)22(16)25(30)28-14-20-13-27(12-18-9-10-18)15-21(20)23(28)19-7-5-4-6-8-19/h4-8,11,18,20-21,23H,9-10,12-15H2,1-3H3/t20-,21-,23+/m0/s1. The van der Waals surface area contributed by atoms with Gasteiger partial charge >= 0.3 is 0 Å². The number of benzene rings is 1. The second kappa shape index (κ2) is 7.38. The van der Waals surface area contributed by atoms with Crippen LogP contribution < -0.4 is 5.56 Å². The van der Waals surface area contributed by atoms with Crippen molar-refractivity contribution in [2.75, 3.05) is 26.2 Å². The monoisotopic (exact) mass is 405 g/mol. The summed E-state index contributed by atoms with van der Waals surface area (Å²) < 4.78 is 1.59. The first-order chi connectivity index (χ1) is 14.4. The first kappa shape index (κ1) is 19.6. The molecule has 5 rings (SSSR count). The summed E-state index contributed by atoms with van der Waals surface area (Å²) in [6.07, 6.45) is 2.74. The Labute approximate surface area is 178 Å². The minimum Gasteiger partial charge on any atom is -0.331 e. The fraction of sp³-hybridized carbons (Fsp3) is 0.520. The molecular formula is C25H31N3O2. The third-order valence-corrected chi connectivity index (χ3v) is 7.44. The zero-order chi connectivity index (χ0) is 21.0. The van der Waals surface area contributed by atoms with Gasteiger partial charge in [0, 0.05) is 44.8 Å². The molecule has 3 aliphatic rings. The van der Waals surface area contributed by atoms with Crippen molar-refractivity contribution in [3.05, 3.63) is 69.1 Å². The number of pyridine rings is 1. The molecule has 0 bridgehead atoms. The summed E-state index contributed by atoms with van der Waals surface area (Å²) in [7, 11) is 1.75. The SMILES string of the molecule is Cc1cc(C)n(C)c(=O)c1C(=O)N1C[C@@H]2CN(CC3CC3)C[C@@H]2[C@H]1c1ccccc1. The van der Waals surface area contributed by atoms with Gasteiger partial charge in [-0.3, -0.25) is 9.59 Å². The Balaban J connectivity index is 1.50. The number of nitrogens with zero attached hydrogens (tertiary/aromatic N) is 3. The predicted octanol–water partition coefficient (Wildman–Crippen LogP) is 3.16. The first-order valence-corrected chi connectivity index (χ1v) is 11.2. The van der Waals surface area contributed by atoms with E-state index in [2.05, 4.69) is 29.2 Å². The first-order valence-electron chi connectivity index (χ1n) is 11.2. The lowest BCUT2D eigenvalue weighted by Crippen LogP contribution is -2.40. The lowest BCUT2D eigenvalue weighted by atomic mass is 9.89. The van der Waals surface area contributed by atoms with E-state index < -0.39 is 0 Å². The van der Waals surface area contributed by atoms with Gasteiger partial charge in [0.25, 0.3) is 11.5 Å². The highest BCUT2D eigenvalue weighted by Crippen LogP contribution is 2.46. The largest absolute Gasteiger partial charge is 0.331 e. The van der Waals surface area contributed by atoms with Crippen LogP contribution in [0, 0.1) is 31.6 Å². The highest BCUT2D eigenvalue weighted by Gasteiger charge is 2.50. The molecule has 3 atom stereocenters. The molecule has 1 aromatic carbocycles. The van der Waals surface area contributed by atoms with E-state index in [9.17, 15) is 9.59 Å². The van der Waals surface area contributed by atoms with Gasteiger partial charge in [0.1, 0.15) is 5.56 Å². The van der Waals surface area contributed by atoms with Gasteiger partial charge in [0.05, 0.1) is 6.04 Å². The molecule has 0 radical (unpaired) electrons. The van der Waals surface area contributed by atoms with Crippen LogP contribution in [-0.2, 0) is 7.05 Å². The molecule has 5 nitrogen and oxygen atoms in total. The summed E-state index contributed by atoms with van der Waals surface area (Å²) >= 11 is 0. The Morgan fingerprint density at radius 3 is 2.50 bits per heavy atom. The Morgan fingerprint density at radius 1 is 1.07 bits per heavy atom. The maximum Gasteiger partial charge on any atom is 0.263 e. The average Bonchev–Trinajstić information content (AvgIpc) is 3.34. The Hall–Kier alpha value is -2.40. The average molecular weight is 406 g/mol. The molecule has 2 aromatic rings. The number of aryl methyl sites for hydroxylation is 2. The predicted molar refractivity (Wildman–Crippen MR) is 118 cm³/mol. The minimum absolute atomic E-state index is 0.0401. The topological polar surface area (TPSA) is 45.6 Å². The highest BCUT2D eigenvalue weighted by atomic mass is 16.2. The van der Waals surface area contributed by atoms with Crippen molar-refractivity contribution in [1.29, 1.82) is 0 Å². The maximum atomic E-state index is 13.7. The Kier molecular flexibility index (Phi) is 4.81. The van der Waals surface area contributed by atoms with Crippen LogP contribution in [0.15, 0.2) is 41.2 Å². The van der Waals surface area contributed by atoms with Gasteiger partial charge < -0.3 is 14.4 Å². The van der Waals surface area contributed by atoms with Gasteiger partial charge in [-0.15, -0.1) is 0 Å². The third kappa shape index (κ3) is 3.29. The number of aromatic nitrogens is 1. The van der Waals surface area contributed by atoms with Crippen molar-refractivity contribution < 1.29 is 4.79 Å². The quantitative estimate of drug-likeness (QED) is 0.785. The highest BCUT2D eigenvalue weighted by molar-refractivity contribution is 5.96. The van der Waals surface area contributed by atoms with E-state index in [4.69, 9.17) is 0 Å². The zero-order valence-corrected chi connectivity index (χ0v) is 18.2. The van der Waals surface area contributed by atoms with Crippen LogP contribution >= 0.6 is 0 Å². The molecule has 2 saturated heterocycles. The van der Waals surface area contributed by atoms with Crippen LogP contribution in [0.1, 0.15) is 46.1 Å². The minimum atomic E-state index is -0.184. The summed E-state index contributed by atoms with van der Waals surface area (Å²) in [5.41, 5.74) is 2.99. The van der Waals surface area contributed by atoms with Crippen molar-refractivity contribution in [2.24, 2.45) is 24.8 Å². The van der Waals surface area contributed by atoms with Crippen molar-refractivity contribution in [3.63, 3.8) is 0 Å². The summed E-state index contributed by atoms with van der Waals surface area (Å²) in [5.74, 6) is 1.69. The summed E-state index contributed by atoms with van der Waals surface area (Å²) in [6, 6.07) is 12.4. The van der Waals surface area contributed by atoms with Gasteiger partial charge in [-0.2, -0.15) is 0 Å². The molecule has 0 spiro atoms. The molecule has 3 fully saturated rings. The van der Waals surface area contributed by atoms with Gasteiger partial charge in [-0.25, -0.2) is 0 Å². The molecule has 0 N–H and O–H groups in total. The lowest BCUT2D eigenvalue weighted by molar-refractivity contribution is 0.0697. The molecule has 1 saturated carbocycles. The van der Waals surface area contributed by atoms with Crippen molar-refractivity contribution >= 4 is 5.91 Å². The van der Waals surface area contributed by atoms with Crippen LogP contribution in [0.25, 0.3) is 0 Å².